The van der Waals surface area contributed by atoms with Crippen LogP contribution in [0.3, 0.4) is 0 Å². The molecule has 3 rings (SSSR count). The number of anilines is 2. The predicted octanol–water partition coefficient (Wildman–Crippen LogP) is 7.24. The Hall–Kier alpha value is -3.21. The number of furan rings is 1. The second-order valence-electron chi connectivity index (χ2n) is 10.4. The van der Waals surface area contributed by atoms with Crippen molar-refractivity contribution in [2.75, 3.05) is 30.3 Å². The minimum atomic E-state index is -1.50. The van der Waals surface area contributed by atoms with Crippen molar-refractivity contribution in [3.8, 4) is 11.3 Å². The Morgan fingerprint density at radius 3 is 2.39 bits per heavy atom. The lowest BCUT2D eigenvalue weighted by Crippen LogP contribution is -2.19. The molecule has 0 bridgehead atoms. The van der Waals surface area contributed by atoms with E-state index in [0.29, 0.717) is 24.2 Å². The lowest BCUT2D eigenvalue weighted by atomic mass is 10.1. The average Bonchev–Trinajstić information content (AvgIpc) is 3.62. The van der Waals surface area contributed by atoms with Gasteiger partial charge in [0, 0.05) is 19.2 Å². The summed E-state index contributed by atoms with van der Waals surface area (Å²) in [5, 5.41) is 32.6. The van der Waals surface area contributed by atoms with E-state index >= 15 is 0 Å². The molecule has 10 heteroatoms. The number of nitrogens with zero attached hydrogens (tertiary/aromatic N) is 3. The van der Waals surface area contributed by atoms with Gasteiger partial charge in [0.25, 0.3) is 0 Å². The summed E-state index contributed by atoms with van der Waals surface area (Å²) >= 11 is 0. The van der Waals surface area contributed by atoms with Crippen LogP contribution in [0.2, 0.25) is 0 Å². The first-order valence-corrected chi connectivity index (χ1v) is 16.0. The van der Waals surface area contributed by atoms with Crippen molar-refractivity contribution in [1.82, 2.24) is 9.97 Å². The smallest absolute Gasteiger partial charge is 0.225 e. The topological polar surface area (TPSA) is 145 Å². The van der Waals surface area contributed by atoms with Crippen molar-refractivity contribution in [3.63, 3.8) is 0 Å². The third-order valence-electron chi connectivity index (χ3n) is 6.07. The Balaban J connectivity index is 0.00000183. The van der Waals surface area contributed by atoms with Gasteiger partial charge in [-0.1, -0.05) is 54.2 Å². The number of aromatic nitrogens is 2. The van der Waals surface area contributed by atoms with E-state index in [1.807, 2.05) is 47.8 Å². The maximum Gasteiger partial charge on any atom is 0.225 e. The minimum absolute atomic E-state index is 0.216. The van der Waals surface area contributed by atoms with Gasteiger partial charge in [-0.3, -0.25) is 4.99 Å². The summed E-state index contributed by atoms with van der Waals surface area (Å²) in [6.07, 6.45) is 9.94. The Morgan fingerprint density at radius 2 is 1.84 bits per heavy atom. The molecule has 0 spiro atoms. The van der Waals surface area contributed by atoms with E-state index in [9.17, 15) is 5.11 Å². The van der Waals surface area contributed by atoms with Gasteiger partial charge >= 0.3 is 0 Å². The molecular formula is C34H59N5O5. The van der Waals surface area contributed by atoms with Gasteiger partial charge in [-0.15, -0.1) is 0 Å². The fourth-order valence-electron chi connectivity index (χ4n) is 4.23. The van der Waals surface area contributed by atoms with Gasteiger partial charge in [0.15, 0.2) is 5.79 Å². The number of allylic oxidation sites excluding steroid dienone is 1. The standard InChI is InChI=1S/C27H39N5O3.C3H8O2.2C2H6/c1-6-11-28-16-24-21(8-3)14-23(35-24)25-19(5)30-27(29-15-18(4)34-12-7-2)32-26(25)31-22-10-9-20(13-22)17-33;1-3(2,4)5;2*1-2/h7,12,14,16,20,22,33H,4,6,8-11,13,15,17H2,1-3,5H3,(H2,29,30,31,32);4-5H,1-2H3;2*1-2H3/b12-7-,28-16?;;;/t20?,22-;;;/m0.../s1. The first-order chi connectivity index (χ1) is 21.0. The fraction of sp³-hybridized carbons (Fsp3) is 0.618. The highest BCUT2D eigenvalue weighted by molar-refractivity contribution is 5.82. The zero-order valence-corrected chi connectivity index (χ0v) is 28.8. The molecule has 0 amide bonds. The quantitative estimate of drug-likeness (QED) is 0.0891. The molecule has 0 aliphatic heterocycles. The van der Waals surface area contributed by atoms with Gasteiger partial charge in [0.2, 0.25) is 5.95 Å². The van der Waals surface area contributed by atoms with Crippen LogP contribution < -0.4 is 10.6 Å². The third-order valence-corrected chi connectivity index (χ3v) is 6.07. The summed E-state index contributed by atoms with van der Waals surface area (Å²) < 4.78 is 11.7. The molecule has 0 saturated heterocycles. The predicted molar refractivity (Wildman–Crippen MR) is 183 cm³/mol. The molecule has 2 atom stereocenters. The van der Waals surface area contributed by atoms with Crippen molar-refractivity contribution >= 4 is 18.0 Å². The Kier molecular flexibility index (Phi) is 20.7. The zero-order chi connectivity index (χ0) is 33.7. The average molecular weight is 618 g/mol. The molecule has 1 fully saturated rings. The molecule has 10 nitrogen and oxygen atoms in total. The van der Waals surface area contributed by atoms with E-state index in [4.69, 9.17) is 29.3 Å². The lowest BCUT2D eigenvalue weighted by Gasteiger charge is -2.18. The zero-order valence-electron chi connectivity index (χ0n) is 28.8. The highest BCUT2D eigenvalue weighted by atomic mass is 16.5. The number of aliphatic hydroxyl groups excluding tert-OH is 1. The molecule has 0 radical (unpaired) electrons. The van der Waals surface area contributed by atoms with E-state index in [2.05, 4.69) is 42.1 Å². The summed E-state index contributed by atoms with van der Waals surface area (Å²) in [7, 11) is 0. The largest absolute Gasteiger partial charge is 0.468 e. The number of rotatable bonds is 13. The van der Waals surface area contributed by atoms with Gasteiger partial charge in [0.05, 0.1) is 30.3 Å². The van der Waals surface area contributed by atoms with Crippen molar-refractivity contribution in [2.24, 2.45) is 10.9 Å². The first kappa shape index (κ1) is 40.8. The third kappa shape index (κ3) is 15.5. The molecule has 2 heterocycles. The van der Waals surface area contributed by atoms with Gasteiger partial charge < -0.3 is 35.1 Å². The van der Waals surface area contributed by atoms with E-state index in [1.165, 1.54) is 13.8 Å². The van der Waals surface area contributed by atoms with Gasteiger partial charge in [0.1, 0.15) is 23.1 Å². The minimum Gasteiger partial charge on any atom is -0.468 e. The fourth-order valence-corrected chi connectivity index (χ4v) is 4.23. The summed E-state index contributed by atoms with van der Waals surface area (Å²) in [4.78, 5) is 14.0. The number of aliphatic hydroxyl groups is 3. The molecular weight excluding hydrogens is 558 g/mol. The van der Waals surface area contributed by atoms with Gasteiger partial charge in [-0.2, -0.15) is 4.98 Å². The molecule has 1 saturated carbocycles. The highest BCUT2D eigenvalue weighted by Crippen LogP contribution is 2.36. The Morgan fingerprint density at radius 1 is 1.18 bits per heavy atom. The summed E-state index contributed by atoms with van der Waals surface area (Å²) in [5.41, 5.74) is 2.75. The highest BCUT2D eigenvalue weighted by Gasteiger charge is 2.27. The Bertz CT molecular complexity index is 1130. The molecule has 2 aromatic heterocycles. The lowest BCUT2D eigenvalue weighted by molar-refractivity contribution is -0.127. The molecule has 250 valence electrons. The van der Waals surface area contributed by atoms with Crippen molar-refractivity contribution in [3.05, 3.63) is 47.8 Å². The number of hydrogen-bond acceptors (Lipinski definition) is 10. The van der Waals surface area contributed by atoms with Crippen LogP contribution in [0.4, 0.5) is 11.8 Å². The maximum atomic E-state index is 9.59. The van der Waals surface area contributed by atoms with Crippen LogP contribution in [0.1, 0.15) is 105 Å². The molecule has 0 aromatic carbocycles. The number of aliphatic imine (C=N–C) groups is 1. The van der Waals surface area contributed by atoms with E-state index in [0.717, 1.165) is 72.8 Å². The van der Waals surface area contributed by atoms with Crippen LogP contribution in [0, 0.1) is 12.8 Å². The molecule has 1 unspecified atom stereocenters. The van der Waals surface area contributed by atoms with Crippen LogP contribution in [0.5, 0.6) is 0 Å². The van der Waals surface area contributed by atoms with Crippen LogP contribution in [0.25, 0.3) is 11.3 Å². The summed E-state index contributed by atoms with van der Waals surface area (Å²) in [5.74, 6) is 2.10. The summed E-state index contributed by atoms with van der Waals surface area (Å²) in [6.45, 7) is 23.9. The van der Waals surface area contributed by atoms with Crippen LogP contribution in [-0.4, -0.2) is 63.0 Å². The van der Waals surface area contributed by atoms with Crippen LogP contribution in [0.15, 0.2) is 40.2 Å². The number of ether oxygens (including phenoxy) is 1. The van der Waals surface area contributed by atoms with Crippen LogP contribution in [-0.2, 0) is 11.2 Å². The molecule has 1 aliphatic carbocycles. The maximum absolute atomic E-state index is 9.59. The van der Waals surface area contributed by atoms with Gasteiger partial charge in [-0.05, 0) is 77.3 Å². The Labute approximate surface area is 265 Å². The summed E-state index contributed by atoms with van der Waals surface area (Å²) in [6, 6.07) is 2.29. The molecule has 2 aromatic rings. The normalized spacial score (nSPS) is 15.9. The van der Waals surface area contributed by atoms with Crippen molar-refractivity contribution < 1.29 is 24.5 Å². The van der Waals surface area contributed by atoms with E-state index in [1.54, 1.807) is 12.3 Å². The second-order valence-corrected chi connectivity index (χ2v) is 10.4. The van der Waals surface area contributed by atoms with Crippen LogP contribution >= 0.6 is 0 Å². The molecule has 5 N–H and O–H groups in total. The van der Waals surface area contributed by atoms with Crippen molar-refractivity contribution in [1.29, 1.82) is 0 Å². The SMILES string of the molecule is C=C(CNc1nc(C)c(-c2cc(CC)c(C=NCCC)o2)c(N[C@H]2CCC(CO)C2)n1)O/C=C\C.CC.CC.CC(C)(O)O. The number of hydrogen-bond donors (Lipinski definition) is 5. The molecule has 1 aliphatic rings. The van der Waals surface area contributed by atoms with E-state index < -0.39 is 5.79 Å². The number of nitrogens with one attached hydrogen (secondary N) is 2. The monoisotopic (exact) mass is 617 g/mol. The van der Waals surface area contributed by atoms with Gasteiger partial charge in [-0.25, -0.2) is 4.98 Å². The molecule has 44 heavy (non-hydrogen) atoms. The second kappa shape index (κ2) is 22.3. The number of aryl methyl sites for hydroxylation is 2. The van der Waals surface area contributed by atoms with E-state index in [-0.39, 0.29) is 12.6 Å². The first-order valence-electron chi connectivity index (χ1n) is 16.0. The van der Waals surface area contributed by atoms with Crippen molar-refractivity contribution in [2.45, 2.75) is 113 Å².